The Morgan fingerprint density at radius 1 is 1.58 bits per heavy atom. The quantitative estimate of drug-likeness (QED) is 0.552. The van der Waals surface area contributed by atoms with E-state index in [1.807, 2.05) is 0 Å². The first-order valence-corrected chi connectivity index (χ1v) is 3.18. The SMILES string of the molecule is Cc1c[nH]c(=O)n(C=C=O)c1=O. The molecule has 0 radical (unpaired) electrons. The van der Waals surface area contributed by atoms with Gasteiger partial charge in [-0.15, -0.1) is 0 Å². The third-order valence-corrected chi connectivity index (χ3v) is 1.37. The van der Waals surface area contributed by atoms with Gasteiger partial charge in [-0.3, -0.25) is 4.79 Å². The molecule has 1 aromatic heterocycles. The lowest BCUT2D eigenvalue weighted by molar-refractivity contribution is 0.569. The van der Waals surface area contributed by atoms with Crippen molar-refractivity contribution in [3.63, 3.8) is 0 Å². The van der Waals surface area contributed by atoms with E-state index in [0.717, 1.165) is 6.20 Å². The number of aryl methyl sites for hydroxylation is 1. The van der Waals surface area contributed by atoms with E-state index in [9.17, 15) is 14.4 Å². The maximum atomic E-state index is 11.1. The van der Waals surface area contributed by atoms with Crippen LogP contribution in [0, 0.1) is 6.92 Å². The van der Waals surface area contributed by atoms with Gasteiger partial charge >= 0.3 is 5.69 Å². The van der Waals surface area contributed by atoms with Gasteiger partial charge in [-0.1, -0.05) is 0 Å². The van der Waals surface area contributed by atoms with Crippen molar-refractivity contribution in [3.05, 3.63) is 32.6 Å². The van der Waals surface area contributed by atoms with E-state index in [2.05, 4.69) is 4.98 Å². The summed E-state index contributed by atoms with van der Waals surface area (Å²) < 4.78 is 0.669. The van der Waals surface area contributed by atoms with E-state index in [1.54, 1.807) is 0 Å². The van der Waals surface area contributed by atoms with Gasteiger partial charge in [0, 0.05) is 11.8 Å². The lowest BCUT2D eigenvalue weighted by atomic mass is 10.4. The summed E-state index contributed by atoms with van der Waals surface area (Å²) in [5.41, 5.74) is -0.794. The molecule has 0 saturated carbocycles. The van der Waals surface area contributed by atoms with Crippen LogP contribution in [0.1, 0.15) is 5.56 Å². The Bertz CT molecular complexity index is 448. The fourth-order valence-electron chi connectivity index (χ4n) is 0.753. The number of H-pyrrole nitrogens is 1. The zero-order chi connectivity index (χ0) is 9.14. The second-order valence-corrected chi connectivity index (χ2v) is 2.20. The molecule has 1 aromatic rings. The van der Waals surface area contributed by atoms with Gasteiger partial charge in [0.15, 0.2) is 0 Å². The largest absolute Gasteiger partial charge is 0.333 e. The van der Waals surface area contributed by atoms with Gasteiger partial charge in [0.25, 0.3) is 5.56 Å². The Morgan fingerprint density at radius 3 is 2.83 bits per heavy atom. The molecule has 0 amide bonds. The third-order valence-electron chi connectivity index (χ3n) is 1.37. The van der Waals surface area contributed by atoms with Crippen LogP contribution in [0.4, 0.5) is 0 Å². The molecule has 0 aliphatic rings. The van der Waals surface area contributed by atoms with Crippen molar-refractivity contribution in [2.75, 3.05) is 0 Å². The summed E-state index contributed by atoms with van der Waals surface area (Å²) >= 11 is 0. The molecule has 0 atom stereocenters. The smallest absolute Gasteiger partial charge is 0.313 e. The minimum atomic E-state index is -0.644. The van der Waals surface area contributed by atoms with Crippen molar-refractivity contribution in [1.82, 2.24) is 9.55 Å². The summed E-state index contributed by atoms with van der Waals surface area (Å²) in [6, 6.07) is 0. The van der Waals surface area contributed by atoms with Gasteiger partial charge in [0.1, 0.15) is 12.1 Å². The first kappa shape index (κ1) is 8.23. The molecule has 1 rings (SSSR count). The molecule has 5 nitrogen and oxygen atoms in total. The number of rotatable bonds is 1. The van der Waals surface area contributed by atoms with E-state index < -0.39 is 11.2 Å². The van der Waals surface area contributed by atoms with Crippen LogP contribution in [0.5, 0.6) is 0 Å². The number of nitrogens with zero attached hydrogens (tertiary/aromatic N) is 1. The van der Waals surface area contributed by atoms with E-state index in [1.165, 1.54) is 19.1 Å². The average molecular weight is 166 g/mol. The van der Waals surface area contributed by atoms with E-state index in [-0.39, 0.29) is 0 Å². The van der Waals surface area contributed by atoms with E-state index >= 15 is 0 Å². The molecular weight excluding hydrogens is 160 g/mol. The standard InChI is InChI=1S/C7H6N2O3/c1-5-4-8-7(12)9(2-3-10)6(5)11/h2,4H,1H3,(H,8,12). The zero-order valence-corrected chi connectivity index (χ0v) is 6.33. The molecule has 0 bridgehead atoms. The number of hydrogen-bond acceptors (Lipinski definition) is 3. The lowest BCUT2D eigenvalue weighted by Gasteiger charge is -1.94. The molecule has 0 aromatic carbocycles. The summed E-state index contributed by atoms with van der Waals surface area (Å²) in [6.07, 6.45) is 2.05. The molecule has 12 heavy (non-hydrogen) atoms. The van der Waals surface area contributed by atoms with Crippen LogP contribution in [0.15, 0.2) is 15.8 Å². The van der Waals surface area contributed by atoms with Crippen LogP contribution in [0.2, 0.25) is 0 Å². The molecule has 62 valence electrons. The second kappa shape index (κ2) is 3.02. The summed E-state index contributed by atoms with van der Waals surface area (Å²) in [5, 5.41) is 0. The van der Waals surface area contributed by atoms with Gasteiger partial charge in [0.2, 0.25) is 0 Å². The van der Waals surface area contributed by atoms with Crippen LogP contribution in [0.25, 0.3) is 6.20 Å². The highest BCUT2D eigenvalue weighted by Crippen LogP contribution is 1.78. The van der Waals surface area contributed by atoms with Gasteiger partial charge in [-0.2, -0.15) is 0 Å². The number of aromatic amines is 1. The molecule has 0 saturated heterocycles. The highest BCUT2D eigenvalue weighted by Gasteiger charge is 1.99. The van der Waals surface area contributed by atoms with Crippen molar-refractivity contribution in [2.45, 2.75) is 6.92 Å². The molecule has 0 fully saturated rings. The monoisotopic (exact) mass is 166 g/mol. The highest BCUT2D eigenvalue weighted by atomic mass is 16.2. The minimum Gasteiger partial charge on any atom is -0.313 e. The maximum absolute atomic E-state index is 11.1. The number of aromatic nitrogens is 2. The van der Waals surface area contributed by atoms with Crippen molar-refractivity contribution in [2.24, 2.45) is 0 Å². The second-order valence-electron chi connectivity index (χ2n) is 2.20. The highest BCUT2D eigenvalue weighted by molar-refractivity contribution is 5.63. The number of carbonyl (C=O) groups excluding carboxylic acids is 1. The molecule has 1 heterocycles. The fourth-order valence-corrected chi connectivity index (χ4v) is 0.753. The van der Waals surface area contributed by atoms with Gasteiger partial charge in [0.05, 0.1) is 0 Å². The van der Waals surface area contributed by atoms with E-state index in [0.29, 0.717) is 10.1 Å². The Morgan fingerprint density at radius 2 is 2.25 bits per heavy atom. The van der Waals surface area contributed by atoms with Crippen LogP contribution >= 0.6 is 0 Å². The third kappa shape index (κ3) is 1.26. The van der Waals surface area contributed by atoms with Crippen LogP contribution in [-0.2, 0) is 4.79 Å². The fraction of sp³-hybridized carbons (Fsp3) is 0.143. The first-order chi connectivity index (χ1) is 5.66. The Hall–Kier alpha value is -1.87. The summed E-state index contributed by atoms with van der Waals surface area (Å²) in [6.45, 7) is 1.54. The lowest BCUT2D eigenvalue weighted by Crippen LogP contribution is -2.32. The van der Waals surface area contributed by atoms with Gasteiger partial charge in [-0.25, -0.2) is 14.2 Å². The maximum Gasteiger partial charge on any atom is 0.333 e. The first-order valence-electron chi connectivity index (χ1n) is 3.18. The van der Waals surface area contributed by atoms with Crippen molar-refractivity contribution >= 4 is 12.1 Å². The summed E-state index contributed by atoms with van der Waals surface area (Å²) in [7, 11) is 0. The van der Waals surface area contributed by atoms with Gasteiger partial charge < -0.3 is 4.98 Å². The van der Waals surface area contributed by atoms with Crippen LogP contribution in [0.3, 0.4) is 0 Å². The van der Waals surface area contributed by atoms with Gasteiger partial charge in [-0.05, 0) is 6.92 Å². The molecular formula is C7H6N2O3. The Labute approximate surface area is 67.0 Å². The zero-order valence-electron chi connectivity index (χ0n) is 6.33. The summed E-state index contributed by atoms with van der Waals surface area (Å²) in [4.78, 5) is 34.2. The molecule has 1 N–H and O–H groups in total. The molecule has 0 aliphatic heterocycles. The van der Waals surface area contributed by atoms with Crippen LogP contribution in [-0.4, -0.2) is 15.5 Å². The normalized spacial score (nSPS) is 9.08. The molecule has 0 unspecified atom stereocenters. The molecule has 0 aliphatic carbocycles. The van der Waals surface area contributed by atoms with Crippen molar-refractivity contribution < 1.29 is 4.79 Å². The number of hydrogen-bond donors (Lipinski definition) is 1. The van der Waals surface area contributed by atoms with Crippen molar-refractivity contribution in [3.8, 4) is 0 Å². The molecule has 0 spiro atoms. The number of nitrogens with one attached hydrogen (secondary N) is 1. The predicted octanol–water partition coefficient (Wildman–Crippen LogP) is -0.853. The van der Waals surface area contributed by atoms with Crippen molar-refractivity contribution in [1.29, 1.82) is 0 Å². The predicted molar refractivity (Wildman–Crippen MR) is 42.5 cm³/mol. The Kier molecular flexibility index (Phi) is 2.07. The summed E-state index contributed by atoms with van der Waals surface area (Å²) in [5.74, 6) is 1.36. The topological polar surface area (TPSA) is 71.9 Å². The minimum absolute atomic E-state index is 0.362. The Balaban J connectivity index is 3.65. The molecule has 5 heteroatoms. The van der Waals surface area contributed by atoms with Crippen LogP contribution < -0.4 is 11.2 Å². The average Bonchev–Trinajstić information content (AvgIpc) is 2.06. The van der Waals surface area contributed by atoms with E-state index in [4.69, 9.17) is 0 Å².